The Labute approximate surface area is 179 Å². The fourth-order valence-electron chi connectivity index (χ4n) is 4.16. The Morgan fingerprint density at radius 3 is 2.43 bits per heavy atom. The van der Waals surface area contributed by atoms with E-state index in [1.807, 2.05) is 17.7 Å². The van der Waals surface area contributed by atoms with Gasteiger partial charge in [-0.15, -0.1) is 0 Å². The first-order valence-corrected chi connectivity index (χ1v) is 12.1. The molecule has 0 atom stereocenters. The normalized spacial score (nSPS) is 16.0. The summed E-state index contributed by atoms with van der Waals surface area (Å²) in [5.74, 6) is 0.260. The Bertz CT molecular complexity index is 962. The minimum absolute atomic E-state index is 0.0394. The Kier molecular flexibility index (Phi) is 7.31. The molecule has 1 saturated heterocycles. The minimum atomic E-state index is -3.44. The maximum atomic E-state index is 12.7. The van der Waals surface area contributed by atoms with Crippen molar-refractivity contribution in [1.82, 2.24) is 19.4 Å². The second-order valence-corrected chi connectivity index (χ2v) is 9.87. The van der Waals surface area contributed by atoms with Crippen molar-refractivity contribution in [3.8, 4) is 0 Å². The molecule has 7 nitrogen and oxygen atoms in total. The van der Waals surface area contributed by atoms with Crippen LogP contribution < -0.4 is 5.32 Å². The van der Waals surface area contributed by atoms with Gasteiger partial charge in [0.15, 0.2) is 0 Å². The lowest BCUT2D eigenvalue weighted by Gasteiger charge is -2.31. The molecule has 1 amide bonds. The summed E-state index contributed by atoms with van der Waals surface area (Å²) in [6.45, 7) is 8.51. The number of hydrogen-bond donors (Lipinski definition) is 1. The highest BCUT2D eigenvalue weighted by molar-refractivity contribution is 7.89. The van der Waals surface area contributed by atoms with E-state index in [4.69, 9.17) is 0 Å². The number of hydrogen-bond acceptors (Lipinski definition) is 4. The highest BCUT2D eigenvalue weighted by Gasteiger charge is 2.30. The largest absolute Gasteiger partial charge is 0.356 e. The first kappa shape index (κ1) is 22.5. The van der Waals surface area contributed by atoms with E-state index in [1.165, 1.54) is 9.87 Å². The van der Waals surface area contributed by atoms with Gasteiger partial charge in [0.1, 0.15) is 0 Å². The monoisotopic (exact) mass is 432 g/mol. The van der Waals surface area contributed by atoms with Crippen molar-refractivity contribution in [3.05, 3.63) is 47.3 Å². The molecule has 164 valence electrons. The third-order valence-electron chi connectivity index (χ3n) is 5.96. The number of benzene rings is 1. The molecule has 1 aliphatic rings. The molecule has 3 rings (SSSR count). The van der Waals surface area contributed by atoms with Gasteiger partial charge in [-0.25, -0.2) is 8.42 Å². The first-order valence-electron chi connectivity index (χ1n) is 10.7. The predicted molar refractivity (Wildman–Crippen MR) is 117 cm³/mol. The van der Waals surface area contributed by atoms with E-state index in [-0.39, 0.29) is 11.8 Å². The van der Waals surface area contributed by atoms with Gasteiger partial charge in [0, 0.05) is 38.3 Å². The number of amides is 1. The fourth-order valence-corrected chi connectivity index (χ4v) is 5.65. The molecule has 1 aromatic heterocycles. The summed E-state index contributed by atoms with van der Waals surface area (Å²) in [4.78, 5) is 12.7. The van der Waals surface area contributed by atoms with Crippen molar-refractivity contribution in [3.63, 3.8) is 0 Å². The van der Waals surface area contributed by atoms with Crippen LogP contribution in [-0.4, -0.2) is 48.0 Å². The molecule has 0 bridgehead atoms. The number of aryl methyl sites for hydroxylation is 2. The number of carbonyl (C=O) groups is 1. The number of rotatable bonds is 8. The van der Waals surface area contributed by atoms with Crippen molar-refractivity contribution < 1.29 is 13.2 Å². The van der Waals surface area contributed by atoms with Crippen LogP contribution in [0.1, 0.15) is 43.1 Å². The molecule has 1 N–H and O–H groups in total. The lowest BCUT2D eigenvalue weighted by Crippen LogP contribution is -2.39. The summed E-state index contributed by atoms with van der Waals surface area (Å²) in [7, 11) is -3.44. The number of nitrogens with zero attached hydrogens (tertiary/aromatic N) is 3. The van der Waals surface area contributed by atoms with E-state index in [1.54, 1.807) is 24.3 Å². The number of carbonyl (C=O) groups excluding carboxylic acids is 1. The molecule has 1 aliphatic heterocycles. The molecular formula is C22H32N4O3S. The molecule has 0 radical (unpaired) electrons. The SMILES string of the molecule is CCn1nc(C)c(CCNC(=O)CC2CCN(S(=O)(=O)c3ccccc3)CC2)c1C. The predicted octanol–water partition coefficient (Wildman–Crippen LogP) is 2.67. The minimum Gasteiger partial charge on any atom is -0.356 e. The molecule has 1 fully saturated rings. The van der Waals surface area contributed by atoms with Crippen LogP contribution in [0, 0.1) is 19.8 Å². The average molecular weight is 433 g/mol. The molecule has 2 aromatic rings. The van der Waals surface area contributed by atoms with Crippen LogP contribution in [0.4, 0.5) is 0 Å². The smallest absolute Gasteiger partial charge is 0.243 e. The Balaban J connectivity index is 1.44. The van der Waals surface area contributed by atoms with Gasteiger partial charge in [0.25, 0.3) is 0 Å². The van der Waals surface area contributed by atoms with Crippen molar-refractivity contribution in [1.29, 1.82) is 0 Å². The van der Waals surface area contributed by atoms with Gasteiger partial charge in [-0.05, 0) is 63.6 Å². The number of sulfonamides is 1. The molecule has 1 aromatic carbocycles. The lowest BCUT2D eigenvalue weighted by molar-refractivity contribution is -0.122. The van der Waals surface area contributed by atoms with Gasteiger partial charge in [-0.3, -0.25) is 9.48 Å². The molecule has 30 heavy (non-hydrogen) atoms. The Hall–Kier alpha value is -2.19. The highest BCUT2D eigenvalue weighted by atomic mass is 32.2. The highest BCUT2D eigenvalue weighted by Crippen LogP contribution is 2.25. The molecule has 0 aliphatic carbocycles. The van der Waals surface area contributed by atoms with Gasteiger partial charge in [0.2, 0.25) is 15.9 Å². The molecule has 0 unspecified atom stereocenters. The van der Waals surface area contributed by atoms with Crippen LogP contribution in [0.5, 0.6) is 0 Å². The zero-order chi connectivity index (χ0) is 21.7. The van der Waals surface area contributed by atoms with E-state index in [0.717, 1.165) is 24.4 Å². The number of piperidine rings is 1. The van der Waals surface area contributed by atoms with Crippen molar-refractivity contribution in [2.75, 3.05) is 19.6 Å². The van der Waals surface area contributed by atoms with Crippen molar-refractivity contribution in [2.45, 2.75) is 57.9 Å². The van der Waals surface area contributed by atoms with E-state index >= 15 is 0 Å². The number of aromatic nitrogens is 2. The van der Waals surface area contributed by atoms with E-state index < -0.39 is 10.0 Å². The van der Waals surface area contributed by atoms with E-state index in [0.29, 0.717) is 43.8 Å². The molecule has 8 heteroatoms. The summed E-state index contributed by atoms with van der Waals surface area (Å²) in [6, 6.07) is 8.54. The fraction of sp³-hybridized carbons (Fsp3) is 0.545. The van der Waals surface area contributed by atoms with Gasteiger partial charge >= 0.3 is 0 Å². The standard InChI is InChI=1S/C22H32N4O3S/c1-4-26-18(3)21(17(2)24-26)10-13-23-22(27)16-19-11-14-25(15-12-19)30(28,29)20-8-6-5-7-9-20/h5-9,19H,4,10-16H2,1-3H3,(H,23,27). The summed E-state index contributed by atoms with van der Waals surface area (Å²) >= 11 is 0. The van der Waals surface area contributed by atoms with Crippen LogP contribution in [-0.2, 0) is 27.8 Å². The Morgan fingerprint density at radius 2 is 1.83 bits per heavy atom. The second kappa shape index (κ2) is 9.75. The summed E-state index contributed by atoms with van der Waals surface area (Å²) in [5, 5.41) is 7.54. The maximum absolute atomic E-state index is 12.7. The lowest BCUT2D eigenvalue weighted by atomic mass is 9.94. The quantitative estimate of drug-likeness (QED) is 0.695. The number of nitrogens with one attached hydrogen (secondary N) is 1. The third-order valence-corrected chi connectivity index (χ3v) is 7.87. The van der Waals surface area contributed by atoms with Crippen molar-refractivity contribution >= 4 is 15.9 Å². The second-order valence-electron chi connectivity index (χ2n) is 7.93. The third kappa shape index (κ3) is 5.10. The summed E-state index contributed by atoms with van der Waals surface area (Å²) < 4.78 is 28.9. The van der Waals surface area contributed by atoms with Crippen LogP contribution >= 0.6 is 0 Å². The van der Waals surface area contributed by atoms with Gasteiger partial charge < -0.3 is 5.32 Å². The zero-order valence-electron chi connectivity index (χ0n) is 18.1. The molecular weight excluding hydrogens is 400 g/mol. The van der Waals surface area contributed by atoms with E-state index in [9.17, 15) is 13.2 Å². The van der Waals surface area contributed by atoms with Gasteiger partial charge in [-0.2, -0.15) is 9.40 Å². The first-order chi connectivity index (χ1) is 14.3. The van der Waals surface area contributed by atoms with Crippen LogP contribution in [0.3, 0.4) is 0 Å². The topological polar surface area (TPSA) is 84.3 Å². The van der Waals surface area contributed by atoms with Gasteiger partial charge in [0.05, 0.1) is 10.6 Å². The summed E-state index contributed by atoms with van der Waals surface area (Å²) in [5.41, 5.74) is 3.39. The van der Waals surface area contributed by atoms with Crippen molar-refractivity contribution in [2.24, 2.45) is 5.92 Å². The molecule has 2 heterocycles. The molecule has 0 saturated carbocycles. The average Bonchev–Trinajstić information content (AvgIpc) is 3.02. The Morgan fingerprint density at radius 1 is 1.17 bits per heavy atom. The van der Waals surface area contributed by atoms with Gasteiger partial charge in [-0.1, -0.05) is 18.2 Å². The van der Waals surface area contributed by atoms with Crippen LogP contribution in [0.15, 0.2) is 35.2 Å². The maximum Gasteiger partial charge on any atom is 0.243 e. The van der Waals surface area contributed by atoms with Crippen LogP contribution in [0.25, 0.3) is 0 Å². The summed E-state index contributed by atoms with van der Waals surface area (Å²) in [6.07, 6.45) is 2.64. The molecule has 0 spiro atoms. The van der Waals surface area contributed by atoms with E-state index in [2.05, 4.69) is 24.3 Å². The zero-order valence-corrected chi connectivity index (χ0v) is 18.9. The van der Waals surface area contributed by atoms with Crippen LogP contribution in [0.2, 0.25) is 0 Å².